The predicted molar refractivity (Wildman–Crippen MR) is 151 cm³/mol. The predicted octanol–water partition coefficient (Wildman–Crippen LogP) is 2.15. The second-order valence-electron chi connectivity index (χ2n) is 11.2. The number of carbonyl (C=O) groups excluding carboxylic acids is 2. The van der Waals surface area contributed by atoms with Crippen LogP contribution in [0, 0.1) is 17.5 Å². The number of aromatic carboxylic acids is 1. The topological polar surface area (TPSA) is 197 Å². The first-order valence-corrected chi connectivity index (χ1v) is 13.5. The lowest BCUT2D eigenvalue weighted by Crippen LogP contribution is -2.58. The lowest BCUT2D eigenvalue weighted by atomic mass is 10.1. The Morgan fingerprint density at radius 3 is 2.42 bits per heavy atom. The number of carbonyl (C=O) groups is 4. The Bertz CT molecular complexity index is 1760. The zero-order valence-corrected chi connectivity index (χ0v) is 24.2. The van der Waals surface area contributed by atoms with E-state index in [4.69, 9.17) is 10.5 Å². The maximum absolute atomic E-state index is 15.5. The quantitative estimate of drug-likeness (QED) is 0.252. The summed E-state index contributed by atoms with van der Waals surface area (Å²) >= 11 is 0. The molecule has 0 bridgehead atoms. The summed E-state index contributed by atoms with van der Waals surface area (Å²) < 4.78 is 50.3. The van der Waals surface area contributed by atoms with Gasteiger partial charge in [-0.05, 0) is 45.4 Å². The lowest BCUT2D eigenvalue weighted by Gasteiger charge is -2.33. The summed E-state index contributed by atoms with van der Waals surface area (Å²) in [6.07, 6.45) is -0.740. The summed E-state index contributed by atoms with van der Waals surface area (Å²) in [6, 6.07) is 0.705. The molecule has 1 unspecified atom stereocenters. The molecule has 4 rings (SSSR count). The van der Waals surface area contributed by atoms with Crippen molar-refractivity contribution < 1.29 is 47.3 Å². The van der Waals surface area contributed by atoms with E-state index in [1.807, 2.05) is 0 Å². The molecule has 0 spiro atoms. The van der Waals surface area contributed by atoms with Crippen LogP contribution in [0.5, 0.6) is 0 Å². The fraction of sp³-hybridized carbons (Fsp3) is 0.357. The first-order chi connectivity index (χ1) is 21.0. The van der Waals surface area contributed by atoms with E-state index in [0.717, 1.165) is 34.0 Å². The van der Waals surface area contributed by atoms with Crippen molar-refractivity contribution in [2.24, 2.45) is 5.73 Å². The fourth-order valence-corrected chi connectivity index (χ4v) is 4.77. The number of primary amides is 1. The monoisotopic (exact) mass is 634 g/mol. The molecule has 14 nitrogen and oxygen atoms in total. The summed E-state index contributed by atoms with van der Waals surface area (Å²) in [4.78, 5) is 66.7. The van der Waals surface area contributed by atoms with E-state index in [0.29, 0.717) is 6.07 Å². The molecule has 1 fully saturated rings. The highest BCUT2D eigenvalue weighted by Gasteiger charge is 2.38. The van der Waals surface area contributed by atoms with Gasteiger partial charge in [0.25, 0.3) is 0 Å². The molecule has 1 aromatic carbocycles. The molecule has 2 atom stereocenters. The van der Waals surface area contributed by atoms with E-state index in [-0.39, 0.29) is 36.7 Å². The van der Waals surface area contributed by atoms with Gasteiger partial charge in [-0.25, -0.2) is 38.2 Å². The number of halogens is 3. The Labute approximate surface area is 252 Å². The number of nitrogens with two attached hydrogens (primary N) is 1. The number of pyridine rings is 2. The summed E-state index contributed by atoms with van der Waals surface area (Å²) in [7, 11) is 0. The van der Waals surface area contributed by atoms with Crippen LogP contribution in [0.1, 0.15) is 44.0 Å². The smallest absolute Gasteiger partial charge is 0.425 e. The molecule has 5 N–H and O–H groups in total. The van der Waals surface area contributed by atoms with Gasteiger partial charge in [0, 0.05) is 25.4 Å². The van der Waals surface area contributed by atoms with Gasteiger partial charge in [-0.3, -0.25) is 19.0 Å². The SMILES string of the molecule is CC(C)(C)OC(=O)N(N[C@@H](CC(N)=O)C(=O)O)C1CCN(c2nc3c(cc2F)c(=O)c(C(=O)O)cn3-c2ccc(F)cc2F)C1. The maximum atomic E-state index is 15.5. The first-order valence-electron chi connectivity index (χ1n) is 13.5. The number of nitrogens with zero attached hydrogens (tertiary/aromatic N) is 4. The van der Waals surface area contributed by atoms with E-state index in [2.05, 4.69) is 10.4 Å². The summed E-state index contributed by atoms with van der Waals surface area (Å²) in [5.74, 6) is -7.56. The van der Waals surface area contributed by atoms with E-state index < -0.39 is 81.9 Å². The summed E-state index contributed by atoms with van der Waals surface area (Å²) in [5.41, 5.74) is 4.02. The summed E-state index contributed by atoms with van der Waals surface area (Å²) in [6.45, 7) is 4.62. The number of hydrogen-bond donors (Lipinski definition) is 4. The van der Waals surface area contributed by atoms with Crippen LogP contribution in [-0.4, -0.2) is 79.5 Å². The van der Waals surface area contributed by atoms with Gasteiger partial charge >= 0.3 is 18.0 Å². The number of fused-ring (bicyclic) bond motifs is 1. The number of carboxylic acids is 2. The number of ether oxygens (including phenoxy) is 1. The van der Waals surface area contributed by atoms with Gasteiger partial charge in [0.1, 0.15) is 28.8 Å². The second-order valence-corrected chi connectivity index (χ2v) is 11.2. The number of carboxylic acid groups (broad SMARTS) is 2. The molecule has 2 aromatic heterocycles. The van der Waals surface area contributed by atoms with Crippen LogP contribution in [0.3, 0.4) is 0 Å². The van der Waals surface area contributed by atoms with Crippen molar-refractivity contribution in [3.8, 4) is 5.69 Å². The van der Waals surface area contributed by atoms with E-state index in [1.165, 1.54) is 4.90 Å². The Balaban J connectivity index is 1.78. The number of aliphatic carboxylic acids is 1. The van der Waals surface area contributed by atoms with Gasteiger partial charge in [0.05, 0.1) is 23.5 Å². The molecule has 1 saturated heterocycles. The Morgan fingerprint density at radius 1 is 1.16 bits per heavy atom. The highest BCUT2D eigenvalue weighted by molar-refractivity contribution is 5.92. The number of nitrogens with one attached hydrogen (secondary N) is 1. The van der Waals surface area contributed by atoms with Gasteiger partial charge in [0.2, 0.25) is 11.3 Å². The molecule has 1 aliphatic rings. The minimum Gasteiger partial charge on any atom is -0.480 e. The summed E-state index contributed by atoms with van der Waals surface area (Å²) in [5, 5.41) is 19.5. The van der Waals surface area contributed by atoms with Gasteiger partial charge in [-0.1, -0.05) is 0 Å². The van der Waals surface area contributed by atoms with Crippen LogP contribution < -0.4 is 21.5 Å². The third kappa shape index (κ3) is 7.14. The number of hydrogen-bond acceptors (Lipinski definition) is 9. The minimum atomic E-state index is -1.67. The Hall–Kier alpha value is -5.19. The molecular formula is C28H29F3N6O8. The fourth-order valence-electron chi connectivity index (χ4n) is 4.77. The molecule has 17 heteroatoms. The zero-order chi connectivity index (χ0) is 33.4. The van der Waals surface area contributed by atoms with Crippen molar-refractivity contribution in [2.75, 3.05) is 18.0 Å². The van der Waals surface area contributed by atoms with Crippen molar-refractivity contribution in [1.29, 1.82) is 0 Å². The standard InChI is InChI=1S/C28H29F3N6O8/c1-28(2,3)45-27(44)37(34-19(26(42)43)10-21(32)38)14-6-7-35(11-14)24-18(31)9-15-22(39)16(25(40)41)12-36(23(15)33-24)20-5-4-13(29)8-17(20)30/h4-5,8-9,12,14,19,34H,6-7,10-11H2,1-3H3,(H2,32,38)(H,40,41)(H,42,43)/t14?,19-/m0/s1. The molecule has 45 heavy (non-hydrogen) atoms. The van der Waals surface area contributed by atoms with Gasteiger partial charge in [-0.15, -0.1) is 0 Å². The van der Waals surface area contributed by atoms with Crippen molar-refractivity contribution in [3.63, 3.8) is 0 Å². The number of hydrazine groups is 1. The van der Waals surface area contributed by atoms with Crippen LogP contribution >= 0.6 is 0 Å². The van der Waals surface area contributed by atoms with Gasteiger partial charge < -0.3 is 25.6 Å². The normalized spacial score (nSPS) is 15.6. The zero-order valence-electron chi connectivity index (χ0n) is 24.2. The Kier molecular flexibility index (Phi) is 9.04. The van der Waals surface area contributed by atoms with Gasteiger partial charge in [-0.2, -0.15) is 0 Å². The number of benzene rings is 1. The largest absolute Gasteiger partial charge is 0.480 e. The molecule has 3 heterocycles. The minimum absolute atomic E-state index is 0.0387. The van der Waals surface area contributed by atoms with Crippen LogP contribution in [0.2, 0.25) is 0 Å². The van der Waals surface area contributed by atoms with Crippen LogP contribution in [0.15, 0.2) is 35.3 Å². The van der Waals surface area contributed by atoms with E-state index in [9.17, 15) is 43.0 Å². The van der Waals surface area contributed by atoms with Crippen LogP contribution in [-0.2, 0) is 14.3 Å². The highest BCUT2D eigenvalue weighted by atomic mass is 19.1. The molecule has 3 aromatic rings. The van der Waals surface area contributed by atoms with Crippen molar-refractivity contribution in [3.05, 3.63) is 63.7 Å². The van der Waals surface area contributed by atoms with E-state index >= 15 is 4.39 Å². The van der Waals surface area contributed by atoms with E-state index in [1.54, 1.807) is 20.8 Å². The third-order valence-corrected chi connectivity index (χ3v) is 6.73. The molecular weight excluding hydrogens is 605 g/mol. The van der Waals surface area contributed by atoms with Gasteiger partial charge in [0.15, 0.2) is 17.3 Å². The second kappa shape index (κ2) is 12.4. The number of anilines is 1. The van der Waals surface area contributed by atoms with Crippen molar-refractivity contribution in [2.45, 2.75) is 51.3 Å². The van der Waals surface area contributed by atoms with Crippen LogP contribution in [0.25, 0.3) is 16.7 Å². The number of rotatable bonds is 9. The van der Waals surface area contributed by atoms with Crippen LogP contribution in [0.4, 0.5) is 23.8 Å². The molecule has 1 aliphatic heterocycles. The Morgan fingerprint density at radius 2 is 1.84 bits per heavy atom. The average molecular weight is 635 g/mol. The highest BCUT2D eigenvalue weighted by Crippen LogP contribution is 2.29. The third-order valence-electron chi connectivity index (χ3n) is 6.73. The molecule has 2 amide bonds. The number of aromatic nitrogens is 2. The molecule has 0 saturated carbocycles. The number of amides is 2. The first kappa shape index (κ1) is 32.7. The maximum Gasteiger partial charge on any atom is 0.425 e. The van der Waals surface area contributed by atoms with Crippen molar-refractivity contribution >= 4 is 40.8 Å². The molecule has 240 valence electrons. The molecule has 0 radical (unpaired) electrons. The van der Waals surface area contributed by atoms with Crippen molar-refractivity contribution in [1.82, 2.24) is 20.0 Å². The lowest BCUT2D eigenvalue weighted by molar-refractivity contribution is -0.143. The average Bonchev–Trinajstić information content (AvgIpc) is 3.39. The molecule has 0 aliphatic carbocycles.